The topological polar surface area (TPSA) is 21.6 Å². The molecule has 1 aliphatic heterocycles. The molecule has 1 heterocycles. The Morgan fingerprint density at radius 2 is 1.88 bits per heavy atom. The third-order valence-electron chi connectivity index (χ3n) is 3.98. The first-order valence-electron chi connectivity index (χ1n) is 6.64. The minimum Gasteiger partial charge on any atom is -0.474 e. The van der Waals surface area contributed by atoms with Crippen molar-refractivity contribution in [3.05, 3.63) is 35.9 Å². The standard InChI is InChI=1S/C15H19NO/c1-11-13-9-5-6-10-14(13)17-15(16-11)12-7-3-2-4-8-12/h2-4,7-8,11,13-14H,5-6,9-10H2,1H3. The van der Waals surface area contributed by atoms with Gasteiger partial charge in [0.05, 0.1) is 6.04 Å². The molecule has 2 aliphatic rings. The molecule has 0 amide bonds. The van der Waals surface area contributed by atoms with Crippen LogP contribution in [0, 0.1) is 5.92 Å². The number of aliphatic imine (C=N–C) groups is 1. The van der Waals surface area contributed by atoms with Crippen molar-refractivity contribution in [3.63, 3.8) is 0 Å². The summed E-state index contributed by atoms with van der Waals surface area (Å²) >= 11 is 0. The van der Waals surface area contributed by atoms with E-state index in [0.717, 1.165) is 11.5 Å². The fourth-order valence-corrected chi connectivity index (χ4v) is 3.00. The van der Waals surface area contributed by atoms with Crippen molar-refractivity contribution in [2.75, 3.05) is 0 Å². The molecule has 90 valence electrons. The van der Waals surface area contributed by atoms with Crippen LogP contribution in [0.1, 0.15) is 38.2 Å². The highest BCUT2D eigenvalue weighted by molar-refractivity contribution is 5.94. The molecule has 0 bridgehead atoms. The summed E-state index contributed by atoms with van der Waals surface area (Å²) in [4.78, 5) is 4.73. The van der Waals surface area contributed by atoms with Crippen LogP contribution >= 0.6 is 0 Å². The third kappa shape index (κ3) is 2.08. The monoisotopic (exact) mass is 229 g/mol. The van der Waals surface area contributed by atoms with Gasteiger partial charge in [-0.05, 0) is 38.3 Å². The molecule has 1 fully saturated rings. The lowest BCUT2D eigenvalue weighted by Crippen LogP contribution is -2.40. The molecule has 0 aromatic heterocycles. The van der Waals surface area contributed by atoms with Crippen molar-refractivity contribution >= 4 is 5.90 Å². The summed E-state index contributed by atoms with van der Waals surface area (Å²) in [6, 6.07) is 10.7. The normalized spacial score (nSPS) is 32.3. The first-order chi connectivity index (χ1) is 8.34. The zero-order chi connectivity index (χ0) is 11.7. The van der Waals surface area contributed by atoms with E-state index >= 15 is 0 Å². The Hall–Kier alpha value is -1.31. The van der Waals surface area contributed by atoms with Crippen LogP contribution < -0.4 is 0 Å². The van der Waals surface area contributed by atoms with Crippen LogP contribution in [0.2, 0.25) is 0 Å². The smallest absolute Gasteiger partial charge is 0.216 e. The third-order valence-corrected chi connectivity index (χ3v) is 3.98. The van der Waals surface area contributed by atoms with Gasteiger partial charge in [0.25, 0.3) is 0 Å². The molecule has 3 atom stereocenters. The number of rotatable bonds is 1. The fraction of sp³-hybridized carbons (Fsp3) is 0.533. The van der Waals surface area contributed by atoms with E-state index in [2.05, 4.69) is 19.1 Å². The quantitative estimate of drug-likeness (QED) is 0.723. The highest BCUT2D eigenvalue weighted by Gasteiger charge is 2.35. The summed E-state index contributed by atoms with van der Waals surface area (Å²) in [5.74, 6) is 1.48. The van der Waals surface area contributed by atoms with Crippen LogP contribution in [0.25, 0.3) is 0 Å². The van der Waals surface area contributed by atoms with Gasteiger partial charge in [0.15, 0.2) is 0 Å². The van der Waals surface area contributed by atoms with Gasteiger partial charge in [-0.2, -0.15) is 0 Å². The van der Waals surface area contributed by atoms with Crippen LogP contribution in [0.15, 0.2) is 35.3 Å². The minimum absolute atomic E-state index is 0.395. The summed E-state index contributed by atoms with van der Waals surface area (Å²) in [7, 11) is 0. The molecule has 1 saturated carbocycles. The van der Waals surface area contributed by atoms with E-state index in [9.17, 15) is 0 Å². The SMILES string of the molecule is CC1N=C(c2ccccc2)OC2CCCCC12. The fourth-order valence-electron chi connectivity index (χ4n) is 3.00. The Morgan fingerprint density at radius 3 is 2.71 bits per heavy atom. The minimum atomic E-state index is 0.395. The summed E-state index contributed by atoms with van der Waals surface area (Å²) in [6.45, 7) is 2.23. The van der Waals surface area contributed by atoms with Gasteiger partial charge in [-0.25, -0.2) is 4.99 Å². The molecule has 0 radical (unpaired) electrons. The molecule has 0 saturated heterocycles. The van der Waals surface area contributed by atoms with E-state index in [4.69, 9.17) is 9.73 Å². The Labute approximate surface area is 103 Å². The molecular weight excluding hydrogens is 210 g/mol. The van der Waals surface area contributed by atoms with Crippen molar-refractivity contribution in [3.8, 4) is 0 Å². The molecule has 0 spiro atoms. The Balaban J connectivity index is 1.87. The molecule has 3 rings (SSSR count). The van der Waals surface area contributed by atoms with Gasteiger partial charge < -0.3 is 4.74 Å². The number of hydrogen-bond acceptors (Lipinski definition) is 2. The molecule has 3 unspecified atom stereocenters. The number of benzene rings is 1. The van der Waals surface area contributed by atoms with Gasteiger partial charge >= 0.3 is 0 Å². The maximum Gasteiger partial charge on any atom is 0.216 e. The molecule has 1 aromatic rings. The van der Waals surface area contributed by atoms with E-state index in [1.165, 1.54) is 25.7 Å². The van der Waals surface area contributed by atoms with Gasteiger partial charge in [0, 0.05) is 11.5 Å². The van der Waals surface area contributed by atoms with Gasteiger partial charge in [0.1, 0.15) is 6.10 Å². The summed E-state index contributed by atoms with van der Waals surface area (Å²) in [5, 5.41) is 0. The lowest BCUT2D eigenvalue weighted by molar-refractivity contribution is 0.0542. The van der Waals surface area contributed by atoms with E-state index in [1.54, 1.807) is 0 Å². The average Bonchev–Trinajstić information content (AvgIpc) is 2.40. The van der Waals surface area contributed by atoms with E-state index < -0.39 is 0 Å². The first-order valence-corrected chi connectivity index (χ1v) is 6.64. The van der Waals surface area contributed by atoms with Crippen molar-refractivity contribution in [2.45, 2.75) is 44.8 Å². The Morgan fingerprint density at radius 1 is 1.12 bits per heavy atom. The van der Waals surface area contributed by atoms with Crippen LogP contribution in [-0.2, 0) is 4.74 Å². The molecule has 1 aromatic carbocycles. The van der Waals surface area contributed by atoms with Crippen molar-refractivity contribution < 1.29 is 4.74 Å². The predicted molar refractivity (Wildman–Crippen MR) is 69.3 cm³/mol. The number of ether oxygens (including phenoxy) is 1. The Bertz CT molecular complexity index is 412. The predicted octanol–water partition coefficient (Wildman–Crippen LogP) is 3.41. The van der Waals surface area contributed by atoms with Crippen LogP contribution in [0.3, 0.4) is 0 Å². The second kappa shape index (κ2) is 4.52. The van der Waals surface area contributed by atoms with Crippen LogP contribution in [-0.4, -0.2) is 18.0 Å². The summed E-state index contributed by atoms with van der Waals surface area (Å²) in [6.07, 6.45) is 5.51. The van der Waals surface area contributed by atoms with Crippen molar-refractivity contribution in [1.29, 1.82) is 0 Å². The van der Waals surface area contributed by atoms with Crippen LogP contribution in [0.4, 0.5) is 0 Å². The van der Waals surface area contributed by atoms with Gasteiger partial charge in [0.2, 0.25) is 5.90 Å². The molecule has 17 heavy (non-hydrogen) atoms. The summed E-state index contributed by atoms with van der Waals surface area (Å²) < 4.78 is 6.10. The summed E-state index contributed by atoms with van der Waals surface area (Å²) in [5.41, 5.74) is 1.11. The number of hydrogen-bond donors (Lipinski definition) is 0. The molecule has 0 N–H and O–H groups in total. The van der Waals surface area contributed by atoms with Crippen molar-refractivity contribution in [2.24, 2.45) is 10.9 Å². The lowest BCUT2D eigenvalue weighted by Gasteiger charge is -2.38. The van der Waals surface area contributed by atoms with E-state index in [-0.39, 0.29) is 0 Å². The highest BCUT2D eigenvalue weighted by Crippen LogP contribution is 2.34. The van der Waals surface area contributed by atoms with Gasteiger partial charge in [-0.3, -0.25) is 0 Å². The second-order valence-corrected chi connectivity index (χ2v) is 5.15. The molecule has 1 aliphatic carbocycles. The Kier molecular flexibility index (Phi) is 2.87. The molecule has 2 nitrogen and oxygen atoms in total. The average molecular weight is 229 g/mol. The van der Waals surface area contributed by atoms with E-state index in [1.807, 2.05) is 18.2 Å². The first kappa shape index (κ1) is 10.8. The lowest BCUT2D eigenvalue weighted by atomic mass is 9.81. The van der Waals surface area contributed by atoms with Gasteiger partial charge in [-0.1, -0.05) is 24.6 Å². The second-order valence-electron chi connectivity index (χ2n) is 5.15. The van der Waals surface area contributed by atoms with E-state index in [0.29, 0.717) is 18.1 Å². The van der Waals surface area contributed by atoms with Gasteiger partial charge in [-0.15, -0.1) is 0 Å². The highest BCUT2D eigenvalue weighted by atomic mass is 16.5. The molecule has 2 heteroatoms. The molecular formula is C15H19NO. The van der Waals surface area contributed by atoms with Crippen LogP contribution in [0.5, 0.6) is 0 Å². The van der Waals surface area contributed by atoms with Crippen molar-refractivity contribution in [1.82, 2.24) is 0 Å². The maximum atomic E-state index is 6.10. The number of nitrogens with zero attached hydrogens (tertiary/aromatic N) is 1. The zero-order valence-electron chi connectivity index (χ0n) is 10.3. The number of fused-ring (bicyclic) bond motifs is 1. The zero-order valence-corrected chi connectivity index (χ0v) is 10.3. The largest absolute Gasteiger partial charge is 0.474 e. The maximum absolute atomic E-state index is 6.10.